The zero-order chi connectivity index (χ0) is 38.2. The lowest BCUT2D eigenvalue weighted by Crippen LogP contribution is -2.68. The van der Waals surface area contributed by atoms with Gasteiger partial charge in [-0.05, 0) is 153 Å². The van der Waals surface area contributed by atoms with Crippen LogP contribution in [0.25, 0.3) is 0 Å². The molecule has 0 aromatic carbocycles. The number of allylic oxidation sites excluding steroid dienone is 5. The zero-order valence-electron chi connectivity index (χ0n) is 34.3. The summed E-state index contributed by atoms with van der Waals surface area (Å²) in [7, 11) is -2.86. The second-order valence-electron chi connectivity index (χ2n) is 20.4. The van der Waals surface area contributed by atoms with Gasteiger partial charge in [-0.3, -0.25) is 4.79 Å². The number of fused-ring (bicyclic) bond motifs is 7. The van der Waals surface area contributed by atoms with Gasteiger partial charge in [0.1, 0.15) is 0 Å². The topological polar surface area (TPSA) is 95.9 Å². The van der Waals surface area contributed by atoms with E-state index in [0.29, 0.717) is 73.6 Å². The van der Waals surface area contributed by atoms with Crippen LogP contribution in [-0.2, 0) is 19.4 Å². The SMILES string of the molecule is C=C(C)[C@@H]1CC[C@]2(NCCN3CCS(=O)(=O)CC3)CC[C@]3(C)[C@H](CCC4[C@@]5(C)CC=C(C6=CC[C@@](CO)(C(=O)OCC)CC6)C(C)(C)C5CC[C@]43C)C12. The van der Waals surface area contributed by atoms with Crippen LogP contribution in [0.3, 0.4) is 0 Å². The fourth-order valence-electron chi connectivity index (χ4n) is 14.9. The van der Waals surface area contributed by atoms with Crippen molar-refractivity contribution in [3.63, 3.8) is 0 Å². The van der Waals surface area contributed by atoms with Gasteiger partial charge in [0.2, 0.25) is 0 Å². The highest BCUT2D eigenvalue weighted by Gasteiger charge is 2.70. The number of hydrogen-bond donors (Lipinski definition) is 2. The number of nitrogens with one attached hydrogen (secondary N) is 1. The number of esters is 1. The Morgan fingerprint density at radius 3 is 2.32 bits per heavy atom. The molecule has 7 rings (SSSR count). The van der Waals surface area contributed by atoms with E-state index in [2.05, 4.69) is 70.5 Å². The molecule has 10 atom stereocenters. The number of aliphatic hydroxyl groups excluding tert-OH is 1. The maximum absolute atomic E-state index is 12.9. The molecule has 0 bridgehead atoms. The lowest BCUT2D eigenvalue weighted by molar-refractivity contribution is -0.221. The molecule has 1 saturated heterocycles. The average molecular weight is 753 g/mol. The second-order valence-corrected chi connectivity index (χ2v) is 22.7. The minimum Gasteiger partial charge on any atom is -0.465 e. The highest BCUT2D eigenvalue weighted by atomic mass is 32.2. The van der Waals surface area contributed by atoms with Crippen LogP contribution in [0.15, 0.2) is 35.5 Å². The molecule has 0 spiro atoms. The van der Waals surface area contributed by atoms with Crippen LogP contribution in [0.4, 0.5) is 0 Å². The largest absolute Gasteiger partial charge is 0.465 e. The molecular formula is C45H72N2O5S. The van der Waals surface area contributed by atoms with Gasteiger partial charge in [-0.1, -0.05) is 58.9 Å². The van der Waals surface area contributed by atoms with Crippen LogP contribution in [0, 0.1) is 56.7 Å². The van der Waals surface area contributed by atoms with Gasteiger partial charge in [0.25, 0.3) is 0 Å². The van der Waals surface area contributed by atoms with Crippen molar-refractivity contribution >= 4 is 15.8 Å². The van der Waals surface area contributed by atoms with Crippen molar-refractivity contribution in [3.8, 4) is 0 Å². The van der Waals surface area contributed by atoms with E-state index in [1.807, 2.05) is 6.92 Å². The Kier molecular flexibility index (Phi) is 10.4. The molecule has 4 saturated carbocycles. The minimum absolute atomic E-state index is 0.0434. The highest BCUT2D eigenvalue weighted by molar-refractivity contribution is 7.91. The van der Waals surface area contributed by atoms with Crippen molar-refractivity contribution < 1.29 is 23.1 Å². The molecule has 5 fully saturated rings. The van der Waals surface area contributed by atoms with Gasteiger partial charge in [-0.2, -0.15) is 0 Å². The number of nitrogens with zero attached hydrogens (tertiary/aromatic N) is 1. The van der Waals surface area contributed by atoms with E-state index >= 15 is 0 Å². The molecule has 1 aliphatic heterocycles. The molecule has 0 radical (unpaired) electrons. The van der Waals surface area contributed by atoms with Gasteiger partial charge in [-0.25, -0.2) is 8.42 Å². The number of ether oxygens (including phenoxy) is 1. The van der Waals surface area contributed by atoms with Crippen LogP contribution in [-0.4, -0.2) is 80.8 Å². The number of carbonyl (C=O) groups is 1. The van der Waals surface area contributed by atoms with E-state index in [1.54, 1.807) is 0 Å². The summed E-state index contributed by atoms with van der Waals surface area (Å²) in [4.78, 5) is 15.2. The Hall–Kier alpha value is -1.48. The standard InChI is InChI=1S/C45H72N2O5S/c1-9-52-39(49)44(30-48)19-12-32(13-20-44)34-15-17-41(6)36(40(34,4)5)16-18-43(8)37(41)11-10-35-38-33(31(2)3)14-21-45(38,23-22-42(35,43)7)46-24-25-47-26-28-53(50,51)29-27-47/h12,15,33,35-38,46,48H,2,9-11,13-14,16-30H2,1,3-8H3/t33-,35+,36?,37?,38?,41-,42+,43+,44+,45-/m0/s1. The summed E-state index contributed by atoms with van der Waals surface area (Å²) in [5, 5.41) is 14.5. The Morgan fingerprint density at radius 1 is 0.943 bits per heavy atom. The smallest absolute Gasteiger partial charge is 0.314 e. The maximum atomic E-state index is 12.9. The van der Waals surface area contributed by atoms with Crippen molar-refractivity contribution in [1.29, 1.82) is 0 Å². The van der Waals surface area contributed by atoms with Crippen molar-refractivity contribution in [3.05, 3.63) is 35.5 Å². The summed E-state index contributed by atoms with van der Waals surface area (Å²) in [6, 6.07) is 0. The second kappa shape index (κ2) is 13.9. The van der Waals surface area contributed by atoms with Gasteiger partial charge < -0.3 is 20.1 Å². The quantitative estimate of drug-likeness (QED) is 0.183. The molecule has 2 N–H and O–H groups in total. The van der Waals surface area contributed by atoms with Gasteiger partial charge >= 0.3 is 5.97 Å². The Labute approximate surface area is 322 Å². The Morgan fingerprint density at radius 2 is 1.68 bits per heavy atom. The van der Waals surface area contributed by atoms with Crippen molar-refractivity contribution in [2.45, 2.75) is 131 Å². The molecule has 298 valence electrons. The monoisotopic (exact) mass is 753 g/mol. The number of hydrogen-bond acceptors (Lipinski definition) is 7. The number of rotatable bonds is 9. The van der Waals surface area contributed by atoms with Crippen molar-refractivity contribution in [2.24, 2.45) is 56.7 Å². The first-order chi connectivity index (χ1) is 24.9. The number of carbonyl (C=O) groups excluding carboxylic acids is 1. The number of aliphatic hydroxyl groups is 1. The molecule has 7 aliphatic rings. The van der Waals surface area contributed by atoms with E-state index < -0.39 is 15.3 Å². The molecule has 8 heteroatoms. The molecule has 7 nitrogen and oxygen atoms in total. The van der Waals surface area contributed by atoms with E-state index in [0.717, 1.165) is 25.9 Å². The van der Waals surface area contributed by atoms with Gasteiger partial charge in [0, 0.05) is 31.7 Å². The summed E-state index contributed by atoms with van der Waals surface area (Å²) in [6.07, 6.45) is 18.2. The van der Waals surface area contributed by atoms with E-state index in [9.17, 15) is 18.3 Å². The summed E-state index contributed by atoms with van der Waals surface area (Å²) >= 11 is 0. The molecule has 6 aliphatic carbocycles. The predicted octanol–water partition coefficient (Wildman–Crippen LogP) is 7.90. The summed E-state index contributed by atoms with van der Waals surface area (Å²) in [5.74, 6) is 3.48. The average Bonchev–Trinajstić information content (AvgIpc) is 3.49. The lowest BCUT2D eigenvalue weighted by atomic mass is 9.33. The molecule has 0 amide bonds. The van der Waals surface area contributed by atoms with Crippen LogP contribution < -0.4 is 5.32 Å². The fourth-order valence-corrected chi connectivity index (χ4v) is 16.1. The van der Waals surface area contributed by atoms with E-state index in [4.69, 9.17) is 4.74 Å². The lowest BCUT2D eigenvalue weighted by Gasteiger charge is -2.72. The van der Waals surface area contributed by atoms with Crippen molar-refractivity contribution in [2.75, 3.05) is 50.9 Å². The molecule has 3 unspecified atom stereocenters. The van der Waals surface area contributed by atoms with E-state index in [-0.39, 0.29) is 39.8 Å². The third-order valence-corrected chi connectivity index (χ3v) is 19.6. The molecule has 0 aromatic heterocycles. The summed E-state index contributed by atoms with van der Waals surface area (Å²) in [6.45, 7) is 25.2. The molecule has 0 aromatic rings. The summed E-state index contributed by atoms with van der Waals surface area (Å²) in [5.41, 5.74) is 4.44. The molecule has 53 heavy (non-hydrogen) atoms. The first-order valence-corrected chi connectivity index (χ1v) is 23.3. The predicted molar refractivity (Wildman–Crippen MR) is 214 cm³/mol. The molecule has 1 heterocycles. The zero-order valence-corrected chi connectivity index (χ0v) is 35.1. The van der Waals surface area contributed by atoms with Gasteiger partial charge in [-0.15, -0.1) is 0 Å². The van der Waals surface area contributed by atoms with E-state index in [1.165, 1.54) is 68.1 Å². The third-order valence-electron chi connectivity index (χ3n) is 18.0. The van der Waals surface area contributed by atoms with Crippen molar-refractivity contribution in [1.82, 2.24) is 10.2 Å². The van der Waals surface area contributed by atoms with Crippen LogP contribution in [0.5, 0.6) is 0 Å². The van der Waals surface area contributed by atoms with Crippen LogP contribution in [0.2, 0.25) is 0 Å². The maximum Gasteiger partial charge on any atom is 0.314 e. The third kappa shape index (κ3) is 6.20. The highest BCUT2D eigenvalue weighted by Crippen LogP contribution is 2.76. The van der Waals surface area contributed by atoms with Gasteiger partial charge in [0.05, 0.1) is 30.1 Å². The first kappa shape index (κ1) is 39.7. The Balaban J connectivity index is 1.12. The minimum atomic E-state index is -2.86. The summed E-state index contributed by atoms with van der Waals surface area (Å²) < 4.78 is 29.5. The molecular weight excluding hydrogens is 681 g/mol. The first-order valence-electron chi connectivity index (χ1n) is 21.4. The normalized spacial score (nSPS) is 44.7. The fraction of sp³-hybridized carbons (Fsp3) is 0.844. The Bertz CT molecular complexity index is 1620. The van der Waals surface area contributed by atoms with Crippen LogP contribution >= 0.6 is 0 Å². The number of sulfone groups is 1. The van der Waals surface area contributed by atoms with Crippen LogP contribution in [0.1, 0.15) is 126 Å². The van der Waals surface area contributed by atoms with Gasteiger partial charge in [0.15, 0.2) is 9.84 Å².